The zero-order valence-corrected chi connectivity index (χ0v) is 11.6. The highest BCUT2D eigenvalue weighted by molar-refractivity contribution is 5.72. The van der Waals surface area contributed by atoms with Crippen molar-refractivity contribution >= 4 is 5.97 Å². The van der Waals surface area contributed by atoms with E-state index in [4.69, 9.17) is 0 Å². The monoisotopic (exact) mass is 281 g/mol. The third-order valence-electron chi connectivity index (χ3n) is 4.15. The average Bonchev–Trinajstić information content (AvgIpc) is 2.41. The topological polar surface area (TPSA) is 60.8 Å². The van der Waals surface area contributed by atoms with E-state index >= 15 is 0 Å². The van der Waals surface area contributed by atoms with Crippen LogP contribution in [0.25, 0.3) is 0 Å². The molecular weight excluding hydrogens is 261 g/mol. The zero-order chi connectivity index (χ0) is 14.8. The lowest BCUT2D eigenvalue weighted by Gasteiger charge is -2.40. The van der Waals surface area contributed by atoms with Gasteiger partial charge in [0, 0.05) is 13.1 Å². The fourth-order valence-corrected chi connectivity index (χ4v) is 2.72. The predicted molar refractivity (Wildman–Crippen MR) is 72.9 cm³/mol. The highest BCUT2D eigenvalue weighted by Crippen LogP contribution is 2.32. The molecule has 4 nitrogen and oxygen atoms in total. The fourth-order valence-electron chi connectivity index (χ4n) is 2.72. The van der Waals surface area contributed by atoms with Gasteiger partial charge in [-0.3, -0.25) is 4.79 Å². The molecule has 0 spiro atoms. The molecule has 110 valence electrons. The Bertz CT molecular complexity index is 467. The van der Waals surface area contributed by atoms with E-state index < -0.39 is 17.5 Å². The van der Waals surface area contributed by atoms with E-state index in [0.29, 0.717) is 25.9 Å². The maximum Gasteiger partial charge on any atom is 0.309 e. The quantitative estimate of drug-likeness (QED) is 0.878. The van der Waals surface area contributed by atoms with Crippen molar-refractivity contribution in [1.82, 2.24) is 4.90 Å². The van der Waals surface area contributed by atoms with Crippen LogP contribution < -0.4 is 0 Å². The predicted octanol–water partition coefficient (Wildman–Crippen LogP) is 1.53. The molecule has 2 rings (SSSR count). The molecule has 20 heavy (non-hydrogen) atoms. The van der Waals surface area contributed by atoms with Crippen LogP contribution in [0, 0.1) is 11.7 Å². The van der Waals surface area contributed by atoms with Crippen molar-refractivity contribution in [2.75, 3.05) is 20.1 Å². The third kappa shape index (κ3) is 3.35. The Morgan fingerprint density at radius 1 is 1.35 bits per heavy atom. The van der Waals surface area contributed by atoms with Crippen molar-refractivity contribution < 1.29 is 19.4 Å². The minimum absolute atomic E-state index is 0.218. The molecule has 1 atom stereocenters. The van der Waals surface area contributed by atoms with E-state index in [-0.39, 0.29) is 12.2 Å². The first-order valence-corrected chi connectivity index (χ1v) is 6.79. The lowest BCUT2D eigenvalue weighted by molar-refractivity contribution is -0.155. The summed E-state index contributed by atoms with van der Waals surface area (Å²) in [7, 11) is 1.95. The molecule has 1 fully saturated rings. The number of aliphatic hydroxyl groups is 1. The lowest BCUT2D eigenvalue weighted by atomic mass is 9.76. The summed E-state index contributed by atoms with van der Waals surface area (Å²) in [6.07, 6.45) is 1.11. The number of benzene rings is 1. The first-order chi connectivity index (χ1) is 9.40. The average molecular weight is 281 g/mol. The van der Waals surface area contributed by atoms with E-state index in [1.807, 2.05) is 7.05 Å². The molecule has 0 radical (unpaired) electrons. The second-order valence-electron chi connectivity index (χ2n) is 5.63. The van der Waals surface area contributed by atoms with E-state index in [1.165, 1.54) is 12.1 Å². The van der Waals surface area contributed by atoms with Gasteiger partial charge in [-0.2, -0.15) is 0 Å². The van der Waals surface area contributed by atoms with Gasteiger partial charge < -0.3 is 15.1 Å². The molecule has 2 N–H and O–H groups in total. The van der Waals surface area contributed by atoms with Gasteiger partial charge in [0.05, 0.1) is 11.5 Å². The fraction of sp³-hybridized carbons (Fsp3) is 0.533. The Labute approximate surface area is 117 Å². The number of nitrogens with zero attached hydrogens (tertiary/aromatic N) is 1. The first-order valence-electron chi connectivity index (χ1n) is 6.79. The van der Waals surface area contributed by atoms with Gasteiger partial charge in [-0.1, -0.05) is 12.1 Å². The largest absolute Gasteiger partial charge is 0.481 e. The minimum atomic E-state index is -1.19. The van der Waals surface area contributed by atoms with Crippen molar-refractivity contribution in [3.63, 3.8) is 0 Å². The van der Waals surface area contributed by atoms with Crippen molar-refractivity contribution in [3.05, 3.63) is 35.6 Å². The molecule has 1 unspecified atom stereocenters. The Balaban J connectivity index is 2.14. The van der Waals surface area contributed by atoms with Gasteiger partial charge in [-0.05, 0) is 44.0 Å². The summed E-state index contributed by atoms with van der Waals surface area (Å²) in [5.41, 5.74) is -0.460. The number of carboxylic acid groups (broad SMARTS) is 1. The Morgan fingerprint density at radius 2 is 1.90 bits per heavy atom. The number of aliphatic carboxylic acids is 1. The first kappa shape index (κ1) is 14.9. The summed E-state index contributed by atoms with van der Waals surface area (Å²) in [5, 5.41) is 20.1. The highest BCUT2D eigenvalue weighted by Gasteiger charge is 2.43. The second kappa shape index (κ2) is 5.89. The third-order valence-corrected chi connectivity index (χ3v) is 4.15. The SMILES string of the molecule is CN1CCC(O)(C(Cc2ccc(F)cc2)C(=O)O)CC1. The molecule has 0 amide bonds. The smallest absolute Gasteiger partial charge is 0.309 e. The molecule has 5 heteroatoms. The van der Waals surface area contributed by atoms with Crippen LogP contribution in [0.5, 0.6) is 0 Å². The van der Waals surface area contributed by atoms with Gasteiger partial charge in [0.15, 0.2) is 0 Å². The van der Waals surface area contributed by atoms with Gasteiger partial charge in [0.25, 0.3) is 0 Å². The normalized spacial score (nSPS) is 20.6. The van der Waals surface area contributed by atoms with Crippen molar-refractivity contribution in [3.8, 4) is 0 Å². The maximum atomic E-state index is 12.9. The van der Waals surface area contributed by atoms with Crippen LogP contribution >= 0.6 is 0 Å². The number of likely N-dealkylation sites (tertiary alicyclic amines) is 1. The highest BCUT2D eigenvalue weighted by atomic mass is 19.1. The Hall–Kier alpha value is -1.46. The van der Waals surface area contributed by atoms with E-state index in [2.05, 4.69) is 4.90 Å². The van der Waals surface area contributed by atoms with Gasteiger partial charge in [-0.25, -0.2) is 4.39 Å². The zero-order valence-electron chi connectivity index (χ0n) is 11.6. The number of piperidine rings is 1. The van der Waals surface area contributed by atoms with Crippen molar-refractivity contribution in [2.45, 2.75) is 24.9 Å². The van der Waals surface area contributed by atoms with E-state index in [0.717, 1.165) is 5.56 Å². The molecule has 1 heterocycles. The van der Waals surface area contributed by atoms with Crippen molar-refractivity contribution in [2.24, 2.45) is 5.92 Å². The molecule has 0 aliphatic carbocycles. The molecule has 1 aliphatic rings. The number of halogens is 1. The molecular formula is C15H20FNO3. The summed E-state index contributed by atoms with van der Waals surface area (Å²) < 4.78 is 12.9. The molecule has 1 aromatic rings. The minimum Gasteiger partial charge on any atom is -0.481 e. The second-order valence-corrected chi connectivity index (χ2v) is 5.63. The Morgan fingerprint density at radius 3 is 2.40 bits per heavy atom. The molecule has 0 saturated carbocycles. The standard InChI is InChI=1S/C15H20FNO3/c1-17-8-6-15(20,7-9-17)13(14(18)19)10-11-2-4-12(16)5-3-11/h2-5,13,20H,6-10H2,1H3,(H,18,19). The molecule has 1 aromatic carbocycles. The summed E-state index contributed by atoms with van der Waals surface area (Å²) in [5.74, 6) is -2.21. The number of rotatable bonds is 4. The van der Waals surface area contributed by atoms with Gasteiger partial charge >= 0.3 is 5.97 Å². The lowest BCUT2D eigenvalue weighted by Crippen LogP contribution is -2.51. The molecule has 0 bridgehead atoms. The summed E-state index contributed by atoms with van der Waals surface area (Å²) in [4.78, 5) is 13.6. The molecule has 0 aromatic heterocycles. The van der Waals surface area contributed by atoms with Gasteiger partial charge in [-0.15, -0.1) is 0 Å². The number of hydrogen-bond donors (Lipinski definition) is 2. The van der Waals surface area contributed by atoms with Crippen LogP contribution in [-0.2, 0) is 11.2 Å². The van der Waals surface area contributed by atoms with Crippen molar-refractivity contribution in [1.29, 1.82) is 0 Å². The van der Waals surface area contributed by atoms with Gasteiger partial charge in [0.1, 0.15) is 5.82 Å². The molecule has 1 saturated heterocycles. The maximum absolute atomic E-state index is 12.9. The Kier molecular flexibility index (Phi) is 4.40. The summed E-state index contributed by atoms with van der Waals surface area (Å²) >= 11 is 0. The van der Waals surface area contributed by atoms with E-state index in [9.17, 15) is 19.4 Å². The van der Waals surface area contributed by atoms with Gasteiger partial charge in [0.2, 0.25) is 0 Å². The summed E-state index contributed by atoms with van der Waals surface area (Å²) in [6, 6.07) is 5.77. The van der Waals surface area contributed by atoms with Crippen LogP contribution in [0.15, 0.2) is 24.3 Å². The number of carbonyl (C=O) groups is 1. The van der Waals surface area contributed by atoms with Crippen LogP contribution in [0.1, 0.15) is 18.4 Å². The van der Waals surface area contributed by atoms with Crippen LogP contribution in [0.2, 0.25) is 0 Å². The number of hydrogen-bond acceptors (Lipinski definition) is 3. The van der Waals surface area contributed by atoms with Crippen LogP contribution in [0.4, 0.5) is 4.39 Å². The van der Waals surface area contributed by atoms with Crippen LogP contribution in [-0.4, -0.2) is 46.8 Å². The van der Waals surface area contributed by atoms with E-state index in [1.54, 1.807) is 12.1 Å². The summed E-state index contributed by atoms with van der Waals surface area (Å²) in [6.45, 7) is 1.37. The van der Waals surface area contributed by atoms with Crippen LogP contribution in [0.3, 0.4) is 0 Å². The number of carboxylic acids is 1. The molecule has 1 aliphatic heterocycles.